The highest BCUT2D eigenvalue weighted by atomic mass is 32.2. The van der Waals surface area contributed by atoms with Crippen LogP contribution >= 0.6 is 0 Å². The first-order chi connectivity index (χ1) is 10.3. The second-order valence-electron chi connectivity index (χ2n) is 5.75. The normalized spacial score (nSPS) is 13.5. The Hall–Kier alpha value is -1.66. The number of nitrogens with zero attached hydrogens (tertiary/aromatic N) is 1. The molecule has 0 radical (unpaired) electrons. The second-order valence-corrected chi connectivity index (χ2v) is 7.77. The Morgan fingerprint density at radius 1 is 1.18 bits per heavy atom. The lowest BCUT2D eigenvalue weighted by molar-refractivity contribution is 0.411. The number of sulfone groups is 1. The van der Waals surface area contributed by atoms with Crippen molar-refractivity contribution < 1.29 is 12.8 Å². The molecule has 1 N–H and O–H groups in total. The molecule has 0 unspecified atom stereocenters. The molecule has 5 nitrogen and oxygen atoms in total. The van der Waals surface area contributed by atoms with Gasteiger partial charge in [-0.3, -0.25) is 0 Å². The number of aromatic nitrogens is 1. The first-order valence-corrected chi connectivity index (χ1v) is 9.14. The van der Waals surface area contributed by atoms with Crippen molar-refractivity contribution in [1.82, 2.24) is 10.3 Å². The lowest BCUT2D eigenvalue weighted by atomic mass is 10.1. The summed E-state index contributed by atoms with van der Waals surface area (Å²) in [6, 6.07) is 6.98. The number of rotatable bonds is 6. The molecule has 6 heteroatoms. The zero-order valence-electron chi connectivity index (χ0n) is 13.3. The van der Waals surface area contributed by atoms with Gasteiger partial charge in [-0.2, -0.15) is 0 Å². The van der Waals surface area contributed by atoms with E-state index in [0.29, 0.717) is 23.2 Å². The molecule has 0 aliphatic carbocycles. The van der Waals surface area contributed by atoms with Gasteiger partial charge in [0, 0.05) is 18.2 Å². The predicted octanol–water partition coefficient (Wildman–Crippen LogP) is 3.05. The Morgan fingerprint density at radius 2 is 1.82 bits per heavy atom. The zero-order valence-corrected chi connectivity index (χ0v) is 14.1. The van der Waals surface area contributed by atoms with Crippen LogP contribution in [0, 0.1) is 0 Å². The standard InChI is InChI=1S/C16H22N2O3S/c1-11(2)15-9-18-16(21-15)10-17-12(3)13-5-7-14(8-6-13)22(4,19)20/h5-9,11-12,17H,10H2,1-4H3/t12-/m1/s1. The van der Waals surface area contributed by atoms with Gasteiger partial charge in [0.05, 0.1) is 17.6 Å². The van der Waals surface area contributed by atoms with Gasteiger partial charge in [-0.05, 0) is 24.6 Å². The van der Waals surface area contributed by atoms with E-state index in [0.717, 1.165) is 11.3 Å². The summed E-state index contributed by atoms with van der Waals surface area (Å²) in [4.78, 5) is 4.57. The molecule has 1 heterocycles. The van der Waals surface area contributed by atoms with Crippen LogP contribution in [0.5, 0.6) is 0 Å². The highest BCUT2D eigenvalue weighted by Gasteiger charge is 2.11. The van der Waals surface area contributed by atoms with Crippen molar-refractivity contribution in [1.29, 1.82) is 0 Å². The summed E-state index contributed by atoms with van der Waals surface area (Å²) >= 11 is 0. The Morgan fingerprint density at radius 3 is 2.32 bits per heavy atom. The van der Waals surface area contributed by atoms with Gasteiger partial charge in [0.1, 0.15) is 5.76 Å². The third kappa shape index (κ3) is 4.18. The van der Waals surface area contributed by atoms with Crippen molar-refractivity contribution >= 4 is 9.84 Å². The van der Waals surface area contributed by atoms with E-state index in [-0.39, 0.29) is 6.04 Å². The van der Waals surface area contributed by atoms with E-state index in [1.165, 1.54) is 6.26 Å². The molecular weight excluding hydrogens is 300 g/mol. The minimum absolute atomic E-state index is 0.0722. The first-order valence-electron chi connectivity index (χ1n) is 7.25. The third-order valence-corrected chi connectivity index (χ3v) is 4.64. The Bertz CT molecular complexity index is 718. The molecule has 22 heavy (non-hydrogen) atoms. The monoisotopic (exact) mass is 322 g/mol. The molecule has 1 aromatic carbocycles. The van der Waals surface area contributed by atoms with Crippen molar-refractivity contribution in [2.24, 2.45) is 0 Å². The van der Waals surface area contributed by atoms with E-state index in [9.17, 15) is 8.42 Å². The smallest absolute Gasteiger partial charge is 0.208 e. The molecule has 0 amide bonds. The van der Waals surface area contributed by atoms with Crippen LogP contribution in [0.25, 0.3) is 0 Å². The summed E-state index contributed by atoms with van der Waals surface area (Å²) in [6.07, 6.45) is 2.96. The number of hydrogen-bond acceptors (Lipinski definition) is 5. The van der Waals surface area contributed by atoms with Crippen LogP contribution in [0.2, 0.25) is 0 Å². The van der Waals surface area contributed by atoms with Crippen molar-refractivity contribution in [3.8, 4) is 0 Å². The van der Waals surface area contributed by atoms with E-state index >= 15 is 0 Å². The van der Waals surface area contributed by atoms with Gasteiger partial charge < -0.3 is 9.73 Å². The molecule has 0 fully saturated rings. The molecule has 120 valence electrons. The van der Waals surface area contributed by atoms with E-state index < -0.39 is 9.84 Å². The summed E-state index contributed by atoms with van der Waals surface area (Å²) in [5, 5.41) is 3.32. The lowest BCUT2D eigenvalue weighted by Gasteiger charge is -2.13. The first kappa shape index (κ1) is 16.7. The fourth-order valence-electron chi connectivity index (χ4n) is 2.03. The maximum Gasteiger partial charge on any atom is 0.208 e. The minimum atomic E-state index is -3.15. The van der Waals surface area contributed by atoms with Gasteiger partial charge in [0.25, 0.3) is 0 Å². The fourth-order valence-corrected chi connectivity index (χ4v) is 2.67. The van der Waals surface area contributed by atoms with E-state index in [1.54, 1.807) is 18.3 Å². The topological polar surface area (TPSA) is 72.2 Å². The van der Waals surface area contributed by atoms with Gasteiger partial charge in [-0.15, -0.1) is 0 Å². The molecule has 0 spiro atoms. The lowest BCUT2D eigenvalue weighted by Crippen LogP contribution is -2.18. The molecule has 1 aromatic heterocycles. The zero-order chi connectivity index (χ0) is 16.3. The SMILES string of the molecule is CC(C)c1cnc(CN[C@H](C)c2ccc(S(C)(=O)=O)cc2)o1. The minimum Gasteiger partial charge on any atom is -0.444 e. The van der Waals surface area contributed by atoms with Gasteiger partial charge in [-0.25, -0.2) is 13.4 Å². The summed E-state index contributed by atoms with van der Waals surface area (Å²) in [6.45, 7) is 6.66. The van der Waals surface area contributed by atoms with Crippen molar-refractivity contribution in [3.05, 3.63) is 47.7 Å². The van der Waals surface area contributed by atoms with Crippen LogP contribution in [0.4, 0.5) is 0 Å². The van der Waals surface area contributed by atoms with Crippen molar-refractivity contribution in [2.75, 3.05) is 6.26 Å². The maximum absolute atomic E-state index is 11.4. The van der Waals surface area contributed by atoms with Gasteiger partial charge >= 0.3 is 0 Å². The largest absolute Gasteiger partial charge is 0.444 e. The van der Waals surface area contributed by atoms with Crippen LogP contribution in [0.15, 0.2) is 39.8 Å². The van der Waals surface area contributed by atoms with Crippen molar-refractivity contribution in [2.45, 2.75) is 44.2 Å². The molecule has 2 aromatic rings. The average Bonchev–Trinajstić information content (AvgIpc) is 2.93. The summed E-state index contributed by atoms with van der Waals surface area (Å²) in [7, 11) is -3.15. The molecule has 1 atom stereocenters. The Balaban J connectivity index is 1.98. The highest BCUT2D eigenvalue weighted by molar-refractivity contribution is 7.90. The average molecular weight is 322 g/mol. The molecule has 0 saturated carbocycles. The maximum atomic E-state index is 11.4. The second kappa shape index (κ2) is 6.62. The molecule has 2 rings (SSSR count). The van der Waals surface area contributed by atoms with Crippen molar-refractivity contribution in [3.63, 3.8) is 0 Å². The van der Waals surface area contributed by atoms with Crippen LogP contribution in [0.1, 0.15) is 49.9 Å². The number of nitrogens with one attached hydrogen (secondary N) is 1. The van der Waals surface area contributed by atoms with Gasteiger partial charge in [-0.1, -0.05) is 26.0 Å². The highest BCUT2D eigenvalue weighted by Crippen LogP contribution is 2.18. The van der Waals surface area contributed by atoms with Crippen LogP contribution in [-0.2, 0) is 16.4 Å². The predicted molar refractivity (Wildman–Crippen MR) is 85.4 cm³/mol. The van der Waals surface area contributed by atoms with Gasteiger partial charge in [0.2, 0.25) is 5.89 Å². The van der Waals surface area contributed by atoms with Crippen LogP contribution in [0.3, 0.4) is 0 Å². The number of hydrogen-bond donors (Lipinski definition) is 1. The molecule has 0 saturated heterocycles. The number of benzene rings is 1. The summed E-state index contributed by atoms with van der Waals surface area (Å²) < 4.78 is 28.5. The van der Waals surface area contributed by atoms with Gasteiger partial charge in [0.15, 0.2) is 9.84 Å². The Labute approximate surface area is 131 Å². The van der Waals surface area contributed by atoms with Crippen LogP contribution in [-0.4, -0.2) is 19.7 Å². The Kier molecular flexibility index (Phi) is 5.03. The molecule has 0 aliphatic rings. The summed E-state index contributed by atoms with van der Waals surface area (Å²) in [5.74, 6) is 1.85. The number of oxazole rings is 1. The summed E-state index contributed by atoms with van der Waals surface area (Å²) in [5.41, 5.74) is 1.02. The molecular formula is C16H22N2O3S. The van der Waals surface area contributed by atoms with E-state index in [1.807, 2.05) is 19.1 Å². The fraction of sp³-hybridized carbons (Fsp3) is 0.438. The quantitative estimate of drug-likeness (QED) is 0.885. The third-order valence-electron chi connectivity index (χ3n) is 3.51. The van der Waals surface area contributed by atoms with E-state index in [4.69, 9.17) is 4.42 Å². The molecule has 0 bridgehead atoms. The van der Waals surface area contributed by atoms with Crippen LogP contribution < -0.4 is 5.32 Å². The molecule has 0 aliphatic heterocycles. The van der Waals surface area contributed by atoms with E-state index in [2.05, 4.69) is 24.1 Å².